The Morgan fingerprint density at radius 1 is 1.32 bits per heavy atom. The van der Waals surface area contributed by atoms with E-state index in [1.807, 2.05) is 49.9 Å². The van der Waals surface area contributed by atoms with Crippen molar-refractivity contribution >= 4 is 11.7 Å². The summed E-state index contributed by atoms with van der Waals surface area (Å²) in [4.78, 5) is 14.5. The Labute approximate surface area is 130 Å². The zero-order valence-electron chi connectivity index (χ0n) is 13.2. The summed E-state index contributed by atoms with van der Waals surface area (Å²) < 4.78 is 5.35. The third-order valence-corrected chi connectivity index (χ3v) is 4.12. The van der Waals surface area contributed by atoms with Gasteiger partial charge in [0.2, 0.25) is 0 Å². The number of benzene rings is 1. The highest BCUT2D eigenvalue weighted by Gasteiger charge is 2.32. The molecule has 1 aromatic carbocycles. The molecule has 116 valence electrons. The van der Waals surface area contributed by atoms with E-state index >= 15 is 0 Å². The average Bonchev–Trinajstić information content (AvgIpc) is 3.11. The number of likely N-dealkylation sites (tertiary alicyclic amines) is 1. The van der Waals surface area contributed by atoms with Crippen molar-refractivity contribution in [3.63, 3.8) is 0 Å². The van der Waals surface area contributed by atoms with Gasteiger partial charge in [0.1, 0.15) is 0 Å². The first-order chi connectivity index (χ1) is 10.5. The number of amides is 2. The number of carbonyl (C=O) groups excluding carboxylic acids is 1. The van der Waals surface area contributed by atoms with E-state index in [0.29, 0.717) is 0 Å². The van der Waals surface area contributed by atoms with Crippen LogP contribution in [-0.4, -0.2) is 22.6 Å². The molecule has 0 spiro atoms. The fourth-order valence-corrected chi connectivity index (χ4v) is 2.90. The molecule has 3 rings (SSSR count). The SMILES string of the molecule is Cc1ccc(C)c(NC(=O)N2CCC[C@H]2c2cc(C)no2)c1. The highest BCUT2D eigenvalue weighted by atomic mass is 16.5. The van der Waals surface area contributed by atoms with Gasteiger partial charge >= 0.3 is 6.03 Å². The zero-order valence-corrected chi connectivity index (χ0v) is 13.2. The number of hydrogen-bond acceptors (Lipinski definition) is 3. The summed E-state index contributed by atoms with van der Waals surface area (Å²) in [6.45, 7) is 6.64. The first kappa shape index (κ1) is 14.6. The Morgan fingerprint density at radius 2 is 2.14 bits per heavy atom. The lowest BCUT2D eigenvalue weighted by Gasteiger charge is -2.23. The van der Waals surface area contributed by atoms with Crippen molar-refractivity contribution in [1.29, 1.82) is 0 Å². The third-order valence-electron chi connectivity index (χ3n) is 4.12. The minimum Gasteiger partial charge on any atom is -0.359 e. The van der Waals surface area contributed by atoms with Gasteiger partial charge in [0.05, 0.1) is 11.7 Å². The molecule has 1 N–H and O–H groups in total. The lowest BCUT2D eigenvalue weighted by molar-refractivity contribution is 0.195. The maximum absolute atomic E-state index is 12.6. The molecule has 1 aliphatic rings. The van der Waals surface area contributed by atoms with Gasteiger partial charge in [-0.05, 0) is 50.8 Å². The van der Waals surface area contributed by atoms with Crippen molar-refractivity contribution in [1.82, 2.24) is 10.1 Å². The molecule has 0 radical (unpaired) electrons. The second-order valence-electron chi connectivity index (χ2n) is 5.97. The number of nitrogens with zero attached hydrogens (tertiary/aromatic N) is 2. The van der Waals surface area contributed by atoms with Gasteiger partial charge < -0.3 is 14.7 Å². The van der Waals surface area contributed by atoms with E-state index in [9.17, 15) is 4.79 Å². The number of anilines is 1. The Bertz CT molecular complexity index is 693. The van der Waals surface area contributed by atoms with E-state index in [-0.39, 0.29) is 12.1 Å². The summed E-state index contributed by atoms with van der Waals surface area (Å²) in [6, 6.07) is 7.87. The summed E-state index contributed by atoms with van der Waals surface area (Å²) in [6.07, 6.45) is 1.89. The van der Waals surface area contributed by atoms with E-state index in [2.05, 4.69) is 10.5 Å². The molecule has 0 saturated carbocycles. The maximum atomic E-state index is 12.6. The van der Waals surface area contributed by atoms with Gasteiger partial charge in [0.25, 0.3) is 0 Å². The minimum absolute atomic E-state index is 0.0219. The van der Waals surface area contributed by atoms with Gasteiger partial charge in [-0.15, -0.1) is 0 Å². The van der Waals surface area contributed by atoms with Gasteiger partial charge in [-0.2, -0.15) is 0 Å². The number of aryl methyl sites for hydroxylation is 3. The molecule has 1 aromatic heterocycles. The topological polar surface area (TPSA) is 58.4 Å². The van der Waals surface area contributed by atoms with Crippen LogP contribution in [0, 0.1) is 20.8 Å². The summed E-state index contributed by atoms with van der Waals surface area (Å²) in [5.41, 5.74) is 3.90. The van der Waals surface area contributed by atoms with Gasteiger partial charge in [0, 0.05) is 18.3 Å². The largest absolute Gasteiger partial charge is 0.359 e. The summed E-state index contributed by atoms with van der Waals surface area (Å²) in [7, 11) is 0. The van der Waals surface area contributed by atoms with Gasteiger partial charge in [-0.3, -0.25) is 0 Å². The number of rotatable bonds is 2. The van der Waals surface area contributed by atoms with Crippen LogP contribution in [0.1, 0.15) is 41.5 Å². The lowest BCUT2D eigenvalue weighted by atomic mass is 10.1. The third kappa shape index (κ3) is 2.84. The number of nitrogens with one attached hydrogen (secondary N) is 1. The molecule has 1 atom stereocenters. The molecule has 1 aliphatic heterocycles. The fraction of sp³-hybridized carbons (Fsp3) is 0.412. The Kier molecular flexibility index (Phi) is 3.88. The van der Waals surface area contributed by atoms with Crippen molar-refractivity contribution in [2.75, 3.05) is 11.9 Å². The highest BCUT2D eigenvalue weighted by Crippen LogP contribution is 2.33. The molecule has 0 unspecified atom stereocenters. The molecule has 0 aliphatic carbocycles. The van der Waals surface area contributed by atoms with Crippen LogP contribution < -0.4 is 5.32 Å². The second kappa shape index (κ2) is 5.83. The molecule has 1 saturated heterocycles. The molecular weight excluding hydrogens is 278 g/mol. The first-order valence-corrected chi connectivity index (χ1v) is 7.62. The van der Waals surface area contributed by atoms with Crippen LogP contribution in [0.2, 0.25) is 0 Å². The molecule has 2 amide bonds. The molecule has 2 heterocycles. The number of carbonyl (C=O) groups is 1. The Hall–Kier alpha value is -2.30. The van der Waals surface area contributed by atoms with E-state index < -0.39 is 0 Å². The van der Waals surface area contributed by atoms with E-state index in [1.165, 1.54) is 0 Å². The number of urea groups is 1. The molecule has 5 heteroatoms. The predicted molar refractivity (Wildman–Crippen MR) is 84.9 cm³/mol. The average molecular weight is 299 g/mol. The molecule has 1 fully saturated rings. The van der Waals surface area contributed by atoms with Crippen LogP contribution in [0.5, 0.6) is 0 Å². The van der Waals surface area contributed by atoms with Crippen LogP contribution in [-0.2, 0) is 0 Å². The Balaban J connectivity index is 1.77. The molecule has 5 nitrogen and oxygen atoms in total. The number of hydrogen-bond donors (Lipinski definition) is 1. The normalized spacial score (nSPS) is 17.8. The quantitative estimate of drug-likeness (QED) is 0.912. The van der Waals surface area contributed by atoms with Crippen LogP contribution in [0.4, 0.5) is 10.5 Å². The van der Waals surface area contributed by atoms with E-state index in [4.69, 9.17) is 4.52 Å². The van der Waals surface area contributed by atoms with Crippen molar-refractivity contribution in [3.05, 3.63) is 46.8 Å². The Morgan fingerprint density at radius 3 is 2.86 bits per heavy atom. The first-order valence-electron chi connectivity index (χ1n) is 7.62. The van der Waals surface area contributed by atoms with Crippen LogP contribution in [0.3, 0.4) is 0 Å². The van der Waals surface area contributed by atoms with Gasteiger partial charge in [-0.1, -0.05) is 17.3 Å². The molecule has 0 bridgehead atoms. The van der Waals surface area contributed by atoms with Crippen molar-refractivity contribution < 1.29 is 9.32 Å². The van der Waals surface area contributed by atoms with Crippen molar-refractivity contribution in [2.24, 2.45) is 0 Å². The molecular formula is C17H21N3O2. The fourth-order valence-electron chi connectivity index (χ4n) is 2.90. The van der Waals surface area contributed by atoms with Gasteiger partial charge in [0.15, 0.2) is 5.76 Å². The highest BCUT2D eigenvalue weighted by molar-refractivity contribution is 5.90. The maximum Gasteiger partial charge on any atom is 0.322 e. The van der Waals surface area contributed by atoms with Crippen LogP contribution in [0.15, 0.2) is 28.8 Å². The summed E-state index contributed by atoms with van der Waals surface area (Å²) in [5.74, 6) is 0.770. The smallest absolute Gasteiger partial charge is 0.322 e. The lowest BCUT2D eigenvalue weighted by Crippen LogP contribution is -2.34. The van der Waals surface area contributed by atoms with E-state index in [1.54, 1.807) is 0 Å². The molecule has 2 aromatic rings. The van der Waals surface area contributed by atoms with Crippen molar-refractivity contribution in [3.8, 4) is 0 Å². The van der Waals surface area contributed by atoms with Crippen LogP contribution >= 0.6 is 0 Å². The zero-order chi connectivity index (χ0) is 15.7. The van der Waals surface area contributed by atoms with Crippen molar-refractivity contribution in [2.45, 2.75) is 39.7 Å². The standard InChI is InChI=1S/C17H21N3O2/c1-11-6-7-12(2)14(9-11)18-17(21)20-8-4-5-15(20)16-10-13(3)19-22-16/h6-7,9-10,15H,4-5,8H2,1-3H3,(H,18,21)/t15-/m0/s1. The second-order valence-corrected chi connectivity index (χ2v) is 5.97. The van der Waals surface area contributed by atoms with Crippen LogP contribution in [0.25, 0.3) is 0 Å². The minimum atomic E-state index is -0.0785. The number of aromatic nitrogens is 1. The summed E-state index contributed by atoms with van der Waals surface area (Å²) in [5, 5.41) is 6.96. The molecule has 22 heavy (non-hydrogen) atoms. The summed E-state index contributed by atoms with van der Waals surface area (Å²) >= 11 is 0. The van der Waals surface area contributed by atoms with Gasteiger partial charge in [-0.25, -0.2) is 4.79 Å². The van der Waals surface area contributed by atoms with E-state index in [0.717, 1.165) is 47.7 Å². The monoisotopic (exact) mass is 299 g/mol. The predicted octanol–water partition coefficient (Wildman–Crippen LogP) is 3.97.